The number of fused-ring (bicyclic) bond motifs is 1. The lowest BCUT2D eigenvalue weighted by atomic mass is 10.0. The molecule has 1 amide bonds. The van der Waals surface area contributed by atoms with E-state index in [-0.39, 0.29) is 23.5 Å². The van der Waals surface area contributed by atoms with Gasteiger partial charge in [0.05, 0.1) is 13.2 Å². The second kappa shape index (κ2) is 9.97. The Labute approximate surface area is 216 Å². The van der Waals surface area contributed by atoms with Gasteiger partial charge in [-0.3, -0.25) is 9.69 Å². The summed E-state index contributed by atoms with van der Waals surface area (Å²) in [6.07, 6.45) is 3.21. The van der Waals surface area contributed by atoms with Crippen LogP contribution in [0.2, 0.25) is 0 Å². The molecule has 0 spiro atoms. The van der Waals surface area contributed by atoms with Crippen molar-refractivity contribution >= 4 is 12.1 Å². The number of hydrogen-bond acceptors (Lipinski definition) is 6. The van der Waals surface area contributed by atoms with Crippen LogP contribution in [-0.4, -0.2) is 90.8 Å². The summed E-state index contributed by atoms with van der Waals surface area (Å²) >= 11 is 0. The molecule has 3 unspecified atom stereocenters. The summed E-state index contributed by atoms with van der Waals surface area (Å²) in [7, 11) is 0. The first-order valence-corrected chi connectivity index (χ1v) is 13.8. The van der Waals surface area contributed by atoms with Gasteiger partial charge in [0.2, 0.25) is 0 Å². The molecular weight excluding hydrogens is 454 g/mol. The minimum Gasteiger partial charge on any atom is -0.465 e. The smallest absolute Gasteiger partial charge is 0.410 e. The molecule has 4 aliphatic rings. The van der Waals surface area contributed by atoms with E-state index < -0.39 is 5.60 Å². The van der Waals surface area contributed by atoms with Crippen molar-refractivity contribution in [1.82, 2.24) is 14.7 Å². The second-order valence-corrected chi connectivity index (χ2v) is 12.6. The molecule has 0 N–H and O–H groups in total. The lowest BCUT2D eigenvalue weighted by Crippen LogP contribution is -2.44. The second-order valence-electron chi connectivity index (χ2n) is 12.6. The zero-order valence-electron chi connectivity index (χ0n) is 22.4. The van der Waals surface area contributed by atoms with Crippen LogP contribution in [0, 0.1) is 17.3 Å². The maximum atomic E-state index is 13.3. The van der Waals surface area contributed by atoms with Gasteiger partial charge in [0.25, 0.3) is 0 Å². The molecule has 0 aromatic heterocycles. The van der Waals surface area contributed by atoms with Crippen molar-refractivity contribution in [3.05, 3.63) is 35.9 Å². The molecule has 5 rings (SSSR count). The number of esters is 1. The lowest BCUT2D eigenvalue weighted by Gasteiger charge is -2.33. The van der Waals surface area contributed by atoms with Gasteiger partial charge >= 0.3 is 12.1 Å². The number of benzene rings is 1. The Balaban J connectivity index is 1.18. The first-order chi connectivity index (χ1) is 17.1. The Kier molecular flexibility index (Phi) is 7.07. The number of carbonyl (C=O) groups excluding carboxylic acids is 2. The normalized spacial score (nSPS) is 29.0. The molecule has 2 aliphatic carbocycles. The Morgan fingerprint density at radius 3 is 2.25 bits per heavy atom. The Hall–Kier alpha value is -2.12. The van der Waals surface area contributed by atoms with Crippen LogP contribution in [0.1, 0.15) is 58.4 Å². The van der Waals surface area contributed by atoms with Crippen molar-refractivity contribution in [1.29, 1.82) is 0 Å². The highest BCUT2D eigenvalue weighted by Gasteiger charge is 2.53. The number of carbonyl (C=O) groups is 2. The van der Waals surface area contributed by atoms with Crippen LogP contribution in [0.25, 0.3) is 0 Å². The van der Waals surface area contributed by atoms with E-state index in [2.05, 4.69) is 39.0 Å². The molecule has 2 saturated heterocycles. The first-order valence-electron chi connectivity index (χ1n) is 13.8. The third-order valence-electron chi connectivity index (χ3n) is 8.33. The van der Waals surface area contributed by atoms with Crippen molar-refractivity contribution in [2.24, 2.45) is 17.3 Å². The molecule has 2 aliphatic heterocycles. The van der Waals surface area contributed by atoms with Crippen LogP contribution in [0.3, 0.4) is 0 Å². The fourth-order valence-electron chi connectivity index (χ4n) is 6.44. The van der Waals surface area contributed by atoms with Crippen molar-refractivity contribution in [3.8, 4) is 0 Å². The van der Waals surface area contributed by atoms with E-state index in [0.717, 1.165) is 45.7 Å². The monoisotopic (exact) mass is 497 g/mol. The first kappa shape index (κ1) is 25.5. The maximum absolute atomic E-state index is 13.3. The van der Waals surface area contributed by atoms with Crippen LogP contribution < -0.4 is 0 Å². The number of nitrogens with zero attached hydrogens (tertiary/aromatic N) is 3. The number of rotatable bonds is 9. The molecular formula is C29H43N3O4. The number of hydrogen-bond donors (Lipinski definition) is 0. The quantitative estimate of drug-likeness (QED) is 0.481. The van der Waals surface area contributed by atoms with E-state index in [4.69, 9.17) is 9.47 Å². The summed E-state index contributed by atoms with van der Waals surface area (Å²) in [5, 5.41) is 0. The van der Waals surface area contributed by atoms with E-state index >= 15 is 0 Å². The summed E-state index contributed by atoms with van der Waals surface area (Å²) in [4.78, 5) is 32.2. The zero-order chi connectivity index (χ0) is 25.5. The van der Waals surface area contributed by atoms with Gasteiger partial charge in [0.15, 0.2) is 0 Å². The van der Waals surface area contributed by atoms with Gasteiger partial charge in [-0.2, -0.15) is 0 Å². The van der Waals surface area contributed by atoms with Crippen molar-refractivity contribution in [2.75, 3.05) is 52.4 Å². The SMILES string of the molecule is CCOC(=O)CN1CC2CN(CC3(CN(C(=O)OC(C)(C)C)[C@H]4CC4c4ccccc4)CC3)CC2C1. The van der Waals surface area contributed by atoms with E-state index in [0.29, 0.717) is 30.9 Å². The minimum atomic E-state index is -0.495. The van der Waals surface area contributed by atoms with Gasteiger partial charge in [-0.1, -0.05) is 30.3 Å². The van der Waals surface area contributed by atoms with Crippen LogP contribution in [-0.2, 0) is 14.3 Å². The van der Waals surface area contributed by atoms with Gasteiger partial charge in [-0.05, 0) is 64.4 Å². The van der Waals surface area contributed by atoms with Crippen LogP contribution in [0.5, 0.6) is 0 Å². The summed E-state index contributed by atoms with van der Waals surface area (Å²) in [5.74, 6) is 1.56. The predicted molar refractivity (Wildman–Crippen MR) is 139 cm³/mol. The number of likely N-dealkylation sites (tertiary alicyclic amines) is 2. The molecule has 2 saturated carbocycles. The molecule has 0 radical (unpaired) electrons. The topological polar surface area (TPSA) is 62.3 Å². The van der Waals surface area contributed by atoms with E-state index in [1.807, 2.05) is 33.8 Å². The molecule has 7 nitrogen and oxygen atoms in total. The third kappa shape index (κ3) is 6.05. The fourth-order valence-corrected chi connectivity index (χ4v) is 6.44. The average Bonchev–Trinajstić information content (AvgIpc) is 3.68. The van der Waals surface area contributed by atoms with Crippen LogP contribution >= 0.6 is 0 Å². The summed E-state index contributed by atoms with van der Waals surface area (Å²) in [6, 6.07) is 10.8. The van der Waals surface area contributed by atoms with E-state index in [9.17, 15) is 9.59 Å². The molecule has 0 bridgehead atoms. The lowest BCUT2D eigenvalue weighted by molar-refractivity contribution is -0.144. The summed E-state index contributed by atoms with van der Waals surface area (Å²) < 4.78 is 11.0. The van der Waals surface area contributed by atoms with Crippen molar-refractivity contribution in [3.63, 3.8) is 0 Å². The molecule has 2 heterocycles. The highest BCUT2D eigenvalue weighted by Crippen LogP contribution is 2.52. The molecule has 4 fully saturated rings. The molecule has 1 aromatic rings. The number of ether oxygens (including phenoxy) is 2. The summed E-state index contributed by atoms with van der Waals surface area (Å²) in [5.41, 5.74) is 1.01. The van der Waals surface area contributed by atoms with Crippen LogP contribution in [0.15, 0.2) is 30.3 Å². The van der Waals surface area contributed by atoms with E-state index in [1.165, 1.54) is 18.4 Å². The van der Waals surface area contributed by atoms with Gasteiger partial charge in [0.1, 0.15) is 5.60 Å². The largest absolute Gasteiger partial charge is 0.465 e. The minimum absolute atomic E-state index is 0.109. The van der Waals surface area contributed by atoms with Crippen molar-refractivity contribution < 1.29 is 19.1 Å². The predicted octanol–water partition coefficient (Wildman–Crippen LogP) is 3.99. The molecule has 4 atom stereocenters. The molecule has 7 heteroatoms. The molecule has 36 heavy (non-hydrogen) atoms. The summed E-state index contributed by atoms with van der Waals surface area (Å²) in [6.45, 7) is 14.6. The maximum Gasteiger partial charge on any atom is 0.410 e. The number of amides is 1. The van der Waals surface area contributed by atoms with Crippen LogP contribution in [0.4, 0.5) is 4.79 Å². The third-order valence-corrected chi connectivity index (χ3v) is 8.33. The molecule has 1 aromatic carbocycles. The van der Waals surface area contributed by atoms with E-state index in [1.54, 1.807) is 0 Å². The van der Waals surface area contributed by atoms with Crippen molar-refractivity contribution in [2.45, 2.75) is 64.5 Å². The van der Waals surface area contributed by atoms with Gasteiger partial charge in [-0.15, -0.1) is 0 Å². The zero-order valence-corrected chi connectivity index (χ0v) is 22.4. The Bertz CT molecular complexity index is 928. The molecule has 198 valence electrons. The average molecular weight is 498 g/mol. The van der Waals surface area contributed by atoms with Gasteiger partial charge in [0, 0.05) is 56.6 Å². The standard InChI is InChI=1S/C29H43N3O4/c1-5-35-26(33)18-30-14-22-16-31(17-23(22)15-30)19-29(11-12-29)20-32(27(34)36-28(2,3)4)25-13-24(25)21-9-7-6-8-10-21/h6-10,22-25H,5,11-20H2,1-4H3/t22?,23?,24?,25-/m0/s1. The Morgan fingerprint density at radius 2 is 1.67 bits per heavy atom. The van der Waals surface area contributed by atoms with Gasteiger partial charge in [-0.25, -0.2) is 4.79 Å². The fraction of sp³-hybridized carbons (Fsp3) is 0.724. The highest BCUT2D eigenvalue weighted by atomic mass is 16.6. The Morgan fingerprint density at radius 1 is 1.03 bits per heavy atom. The highest BCUT2D eigenvalue weighted by molar-refractivity contribution is 5.71. The van der Waals surface area contributed by atoms with Gasteiger partial charge < -0.3 is 19.3 Å².